The molecule has 0 fully saturated rings. The summed E-state index contributed by atoms with van der Waals surface area (Å²) in [5.41, 5.74) is 0.517. The molecule has 5 heteroatoms. The molecule has 0 heterocycles. The predicted octanol–water partition coefficient (Wildman–Crippen LogP) is 2.25. The standard InChI is InChI=1S/C11H13ClO4/c1-16-7-2-3-8(9(12)6-7)10(13)4-5-11(14)15/h2-3,6,10,13H,4-5H2,1H3,(H,14,15). The number of rotatable bonds is 5. The fraction of sp³-hybridized carbons (Fsp3) is 0.364. The number of methoxy groups -OCH3 is 1. The molecule has 1 aromatic carbocycles. The van der Waals surface area contributed by atoms with Crippen LogP contribution >= 0.6 is 11.6 Å². The zero-order valence-corrected chi connectivity index (χ0v) is 9.57. The first-order chi connectivity index (χ1) is 7.54. The summed E-state index contributed by atoms with van der Waals surface area (Å²) in [4.78, 5) is 10.4. The number of aliphatic carboxylic acids is 1. The lowest BCUT2D eigenvalue weighted by molar-refractivity contribution is -0.137. The van der Waals surface area contributed by atoms with Gasteiger partial charge in [-0.3, -0.25) is 4.79 Å². The van der Waals surface area contributed by atoms with Crippen LogP contribution in [0.1, 0.15) is 24.5 Å². The van der Waals surface area contributed by atoms with Crippen LogP contribution in [0.25, 0.3) is 0 Å². The number of carboxylic acid groups (broad SMARTS) is 1. The summed E-state index contributed by atoms with van der Waals surface area (Å²) in [5, 5.41) is 18.6. The Balaban J connectivity index is 2.75. The van der Waals surface area contributed by atoms with Crippen LogP contribution in [0.2, 0.25) is 5.02 Å². The Hall–Kier alpha value is -1.26. The molecule has 0 spiro atoms. The van der Waals surface area contributed by atoms with Crippen LogP contribution in [0.4, 0.5) is 0 Å². The maximum Gasteiger partial charge on any atom is 0.303 e. The van der Waals surface area contributed by atoms with E-state index in [9.17, 15) is 9.90 Å². The highest BCUT2D eigenvalue weighted by Gasteiger charge is 2.13. The molecule has 0 aliphatic heterocycles. The summed E-state index contributed by atoms with van der Waals surface area (Å²) in [7, 11) is 1.52. The number of carbonyl (C=O) groups is 1. The van der Waals surface area contributed by atoms with E-state index in [1.165, 1.54) is 7.11 Å². The highest BCUT2D eigenvalue weighted by atomic mass is 35.5. The number of hydrogen-bond donors (Lipinski definition) is 2. The van der Waals surface area contributed by atoms with Gasteiger partial charge in [0.25, 0.3) is 0 Å². The maximum absolute atomic E-state index is 10.4. The molecule has 2 N–H and O–H groups in total. The summed E-state index contributed by atoms with van der Waals surface area (Å²) in [5.74, 6) is -0.345. The van der Waals surface area contributed by atoms with Crippen LogP contribution in [0.15, 0.2) is 18.2 Å². The van der Waals surface area contributed by atoms with Gasteiger partial charge in [-0.05, 0) is 24.1 Å². The molecule has 0 radical (unpaired) electrons. The van der Waals surface area contributed by atoms with E-state index in [0.717, 1.165) is 0 Å². The van der Waals surface area contributed by atoms with Crippen LogP contribution in [0, 0.1) is 0 Å². The van der Waals surface area contributed by atoms with Crippen LogP contribution in [0.5, 0.6) is 5.75 Å². The zero-order valence-electron chi connectivity index (χ0n) is 8.81. The van der Waals surface area contributed by atoms with Crippen LogP contribution in [-0.2, 0) is 4.79 Å². The fourth-order valence-electron chi connectivity index (χ4n) is 1.32. The van der Waals surface area contributed by atoms with Gasteiger partial charge < -0.3 is 14.9 Å². The van der Waals surface area contributed by atoms with E-state index < -0.39 is 12.1 Å². The van der Waals surface area contributed by atoms with Crippen molar-refractivity contribution >= 4 is 17.6 Å². The van der Waals surface area contributed by atoms with Gasteiger partial charge in [-0.2, -0.15) is 0 Å². The highest BCUT2D eigenvalue weighted by Crippen LogP contribution is 2.29. The van der Waals surface area contributed by atoms with Crippen LogP contribution in [0.3, 0.4) is 0 Å². The second-order valence-electron chi connectivity index (χ2n) is 3.34. The Bertz CT molecular complexity index is 378. The van der Waals surface area contributed by atoms with Gasteiger partial charge in [0, 0.05) is 6.42 Å². The number of aliphatic hydroxyl groups excluding tert-OH is 1. The lowest BCUT2D eigenvalue weighted by Crippen LogP contribution is -2.03. The summed E-state index contributed by atoms with van der Waals surface area (Å²) in [6, 6.07) is 4.89. The largest absolute Gasteiger partial charge is 0.497 e. The first-order valence-electron chi connectivity index (χ1n) is 4.78. The Morgan fingerprint density at radius 2 is 2.25 bits per heavy atom. The van der Waals surface area contributed by atoms with Crippen molar-refractivity contribution in [3.63, 3.8) is 0 Å². The van der Waals surface area contributed by atoms with Gasteiger partial charge in [0.15, 0.2) is 0 Å². The molecule has 0 saturated carbocycles. The third-order valence-corrected chi connectivity index (χ3v) is 2.53. The molecular formula is C11H13ClO4. The summed E-state index contributed by atoms with van der Waals surface area (Å²) < 4.78 is 4.97. The number of benzene rings is 1. The molecule has 0 bridgehead atoms. The molecule has 0 aliphatic rings. The van der Waals surface area contributed by atoms with Gasteiger partial charge >= 0.3 is 5.97 Å². The molecule has 1 rings (SSSR count). The first-order valence-corrected chi connectivity index (χ1v) is 5.15. The van der Waals surface area contributed by atoms with Gasteiger partial charge in [-0.15, -0.1) is 0 Å². The van der Waals surface area contributed by atoms with Crippen molar-refractivity contribution in [2.24, 2.45) is 0 Å². The number of aliphatic hydroxyl groups is 1. The minimum Gasteiger partial charge on any atom is -0.497 e. The van der Waals surface area contributed by atoms with E-state index in [4.69, 9.17) is 21.4 Å². The van der Waals surface area contributed by atoms with Gasteiger partial charge in [0.1, 0.15) is 5.75 Å². The maximum atomic E-state index is 10.4. The average molecular weight is 245 g/mol. The van der Waals surface area contributed by atoms with E-state index in [-0.39, 0.29) is 12.8 Å². The third-order valence-electron chi connectivity index (χ3n) is 2.20. The molecule has 16 heavy (non-hydrogen) atoms. The second kappa shape index (κ2) is 5.72. The fourth-order valence-corrected chi connectivity index (χ4v) is 1.62. The second-order valence-corrected chi connectivity index (χ2v) is 3.74. The summed E-state index contributed by atoms with van der Waals surface area (Å²) in [6.45, 7) is 0. The number of hydrogen-bond acceptors (Lipinski definition) is 3. The SMILES string of the molecule is COc1ccc(C(O)CCC(=O)O)c(Cl)c1. The highest BCUT2D eigenvalue weighted by molar-refractivity contribution is 6.31. The lowest BCUT2D eigenvalue weighted by Gasteiger charge is -2.12. The molecule has 0 aromatic heterocycles. The zero-order chi connectivity index (χ0) is 12.1. The smallest absolute Gasteiger partial charge is 0.303 e. The quantitative estimate of drug-likeness (QED) is 0.834. The Labute approximate surface area is 98.4 Å². The number of ether oxygens (including phenoxy) is 1. The van der Waals surface area contributed by atoms with Crippen molar-refractivity contribution in [1.29, 1.82) is 0 Å². The molecule has 0 aliphatic carbocycles. The molecule has 1 atom stereocenters. The molecular weight excluding hydrogens is 232 g/mol. The topological polar surface area (TPSA) is 66.8 Å². The lowest BCUT2D eigenvalue weighted by atomic mass is 10.0. The van der Waals surface area contributed by atoms with Crippen molar-refractivity contribution in [1.82, 2.24) is 0 Å². The van der Waals surface area contributed by atoms with Crippen molar-refractivity contribution in [2.75, 3.05) is 7.11 Å². The van der Waals surface area contributed by atoms with E-state index in [2.05, 4.69) is 0 Å². The van der Waals surface area contributed by atoms with E-state index in [0.29, 0.717) is 16.3 Å². The van der Waals surface area contributed by atoms with E-state index >= 15 is 0 Å². The Kier molecular flexibility index (Phi) is 4.58. The minimum atomic E-state index is -0.941. The van der Waals surface area contributed by atoms with Gasteiger partial charge in [-0.25, -0.2) is 0 Å². The monoisotopic (exact) mass is 244 g/mol. The number of halogens is 1. The van der Waals surface area contributed by atoms with Crippen molar-refractivity contribution in [2.45, 2.75) is 18.9 Å². The van der Waals surface area contributed by atoms with Crippen LogP contribution in [-0.4, -0.2) is 23.3 Å². The van der Waals surface area contributed by atoms with Gasteiger partial charge in [0.05, 0.1) is 18.2 Å². The van der Waals surface area contributed by atoms with E-state index in [1.54, 1.807) is 18.2 Å². The normalized spacial score (nSPS) is 12.2. The summed E-state index contributed by atoms with van der Waals surface area (Å²) >= 11 is 5.93. The molecule has 0 amide bonds. The predicted molar refractivity (Wildman–Crippen MR) is 59.8 cm³/mol. The Morgan fingerprint density at radius 1 is 1.56 bits per heavy atom. The van der Waals surface area contributed by atoms with Gasteiger partial charge in [0.2, 0.25) is 0 Å². The molecule has 1 aromatic rings. The molecule has 1 unspecified atom stereocenters. The number of carboxylic acids is 1. The Morgan fingerprint density at radius 3 is 2.75 bits per heavy atom. The molecule has 0 saturated heterocycles. The first kappa shape index (κ1) is 12.8. The molecule has 88 valence electrons. The van der Waals surface area contributed by atoms with Crippen molar-refractivity contribution in [3.8, 4) is 5.75 Å². The molecule has 4 nitrogen and oxygen atoms in total. The van der Waals surface area contributed by atoms with Crippen LogP contribution < -0.4 is 4.74 Å². The summed E-state index contributed by atoms with van der Waals surface area (Å²) in [6.07, 6.45) is -0.820. The van der Waals surface area contributed by atoms with Gasteiger partial charge in [-0.1, -0.05) is 17.7 Å². The van der Waals surface area contributed by atoms with Crippen molar-refractivity contribution in [3.05, 3.63) is 28.8 Å². The minimum absolute atomic E-state index is 0.0937. The van der Waals surface area contributed by atoms with E-state index in [1.807, 2.05) is 0 Å². The van der Waals surface area contributed by atoms with Crippen molar-refractivity contribution < 1.29 is 19.7 Å². The third kappa shape index (κ3) is 3.40. The average Bonchev–Trinajstić information content (AvgIpc) is 2.25.